The fourth-order valence-corrected chi connectivity index (χ4v) is 6.10. The van der Waals surface area contributed by atoms with Gasteiger partial charge < -0.3 is 14.5 Å². The molecule has 1 aliphatic rings. The molecular formula is C27H28ClN5O4S. The highest BCUT2D eigenvalue weighted by atomic mass is 35.5. The summed E-state index contributed by atoms with van der Waals surface area (Å²) in [5.74, 6) is 0. The summed E-state index contributed by atoms with van der Waals surface area (Å²) in [6, 6.07) is 17.6. The molecule has 1 amide bonds. The van der Waals surface area contributed by atoms with E-state index in [0.717, 1.165) is 5.69 Å². The number of hydrogen-bond donors (Lipinski definition) is 0. The fourth-order valence-electron chi connectivity index (χ4n) is 4.42. The minimum atomic E-state index is -3.97. The number of amides is 1. The van der Waals surface area contributed by atoms with Crippen molar-refractivity contribution in [1.29, 1.82) is 0 Å². The smallest absolute Gasteiger partial charge is 0.410 e. The summed E-state index contributed by atoms with van der Waals surface area (Å²) in [4.78, 5) is 24.7. The molecule has 0 atom stereocenters. The molecule has 2 aromatic carbocycles. The van der Waals surface area contributed by atoms with Crippen LogP contribution in [0.15, 0.2) is 71.9 Å². The van der Waals surface area contributed by atoms with Crippen LogP contribution in [-0.4, -0.2) is 65.1 Å². The molecule has 0 bridgehead atoms. The third kappa shape index (κ3) is 5.06. The summed E-state index contributed by atoms with van der Waals surface area (Å²) in [7, 11) is -3.97. The number of rotatable bonds is 4. The first-order valence-corrected chi connectivity index (χ1v) is 14.0. The van der Waals surface area contributed by atoms with Crippen LogP contribution in [0.4, 0.5) is 10.5 Å². The van der Waals surface area contributed by atoms with E-state index in [9.17, 15) is 13.2 Å². The third-order valence-corrected chi connectivity index (χ3v) is 8.27. The van der Waals surface area contributed by atoms with Gasteiger partial charge in [-0.05, 0) is 56.7 Å². The van der Waals surface area contributed by atoms with Gasteiger partial charge in [-0.3, -0.25) is 0 Å². The zero-order valence-corrected chi connectivity index (χ0v) is 22.9. The molecule has 3 heterocycles. The van der Waals surface area contributed by atoms with Crippen molar-refractivity contribution in [3.05, 3.63) is 72.1 Å². The molecule has 0 aliphatic carbocycles. The number of fused-ring (bicyclic) bond motifs is 1. The van der Waals surface area contributed by atoms with Crippen LogP contribution in [0.25, 0.3) is 22.3 Å². The Bertz CT molecular complexity index is 1570. The molecular weight excluding hydrogens is 526 g/mol. The molecule has 2 aromatic heterocycles. The predicted molar refractivity (Wildman–Crippen MR) is 147 cm³/mol. The Hall–Kier alpha value is -3.63. The SMILES string of the molecule is CC(C)(C)OC(=O)N1CCN(c2ccc(-c3cc4c(Cl)ncnc4n3S(=O)(=O)c3ccccc3)cc2)CC1. The number of aromatic nitrogens is 3. The van der Waals surface area contributed by atoms with Crippen molar-refractivity contribution in [3.8, 4) is 11.3 Å². The van der Waals surface area contributed by atoms with E-state index in [4.69, 9.17) is 16.3 Å². The molecule has 1 aliphatic heterocycles. The lowest BCUT2D eigenvalue weighted by molar-refractivity contribution is 0.0240. The predicted octanol–water partition coefficient (Wildman–Crippen LogP) is 5.05. The Labute approximate surface area is 226 Å². The zero-order valence-electron chi connectivity index (χ0n) is 21.3. The lowest BCUT2D eigenvalue weighted by Gasteiger charge is -2.36. The van der Waals surface area contributed by atoms with Crippen LogP contribution in [0.2, 0.25) is 5.15 Å². The van der Waals surface area contributed by atoms with Crippen molar-refractivity contribution < 1.29 is 17.9 Å². The maximum atomic E-state index is 13.7. The van der Waals surface area contributed by atoms with Crippen LogP contribution in [0, 0.1) is 0 Å². The molecule has 0 unspecified atom stereocenters. The summed E-state index contributed by atoms with van der Waals surface area (Å²) in [6.45, 7) is 7.99. The van der Waals surface area contributed by atoms with Gasteiger partial charge in [-0.1, -0.05) is 41.9 Å². The van der Waals surface area contributed by atoms with Gasteiger partial charge in [0.2, 0.25) is 0 Å². The monoisotopic (exact) mass is 553 g/mol. The maximum absolute atomic E-state index is 13.7. The van der Waals surface area contributed by atoms with Crippen molar-refractivity contribution in [2.24, 2.45) is 0 Å². The number of carbonyl (C=O) groups is 1. The molecule has 5 rings (SSSR count). The Kier molecular flexibility index (Phi) is 6.79. The van der Waals surface area contributed by atoms with Crippen LogP contribution in [0.1, 0.15) is 20.8 Å². The van der Waals surface area contributed by atoms with E-state index >= 15 is 0 Å². The minimum Gasteiger partial charge on any atom is -0.444 e. The minimum absolute atomic E-state index is 0.146. The largest absolute Gasteiger partial charge is 0.444 e. The maximum Gasteiger partial charge on any atom is 0.410 e. The first-order valence-electron chi connectivity index (χ1n) is 12.2. The number of benzene rings is 2. The Morgan fingerprint density at radius 3 is 2.24 bits per heavy atom. The van der Waals surface area contributed by atoms with Gasteiger partial charge in [-0.15, -0.1) is 0 Å². The van der Waals surface area contributed by atoms with Crippen molar-refractivity contribution in [3.63, 3.8) is 0 Å². The Balaban J connectivity index is 1.44. The third-order valence-electron chi connectivity index (χ3n) is 6.25. The molecule has 4 aromatic rings. The second kappa shape index (κ2) is 9.92. The summed E-state index contributed by atoms with van der Waals surface area (Å²) in [5, 5.41) is 0.628. The number of halogens is 1. The van der Waals surface area contributed by atoms with Crippen LogP contribution < -0.4 is 4.90 Å². The summed E-state index contributed by atoms with van der Waals surface area (Å²) in [5.41, 5.74) is 1.79. The molecule has 9 nitrogen and oxygen atoms in total. The highest BCUT2D eigenvalue weighted by Crippen LogP contribution is 2.34. The second-order valence-corrected chi connectivity index (χ2v) is 12.2. The highest BCUT2D eigenvalue weighted by molar-refractivity contribution is 7.90. The van der Waals surface area contributed by atoms with Crippen LogP contribution in [-0.2, 0) is 14.8 Å². The lowest BCUT2D eigenvalue weighted by atomic mass is 10.1. The lowest BCUT2D eigenvalue weighted by Crippen LogP contribution is -2.50. The van der Waals surface area contributed by atoms with Gasteiger partial charge in [-0.25, -0.2) is 27.2 Å². The summed E-state index contributed by atoms with van der Waals surface area (Å²) >= 11 is 6.32. The van der Waals surface area contributed by atoms with Gasteiger partial charge in [-0.2, -0.15) is 0 Å². The van der Waals surface area contributed by atoms with Gasteiger partial charge in [0.1, 0.15) is 17.1 Å². The number of hydrogen-bond acceptors (Lipinski definition) is 7. The average Bonchev–Trinajstić information content (AvgIpc) is 3.30. The zero-order chi connectivity index (χ0) is 27.1. The standard InChI is InChI=1S/C27H28ClN5O4S/c1-27(2,3)37-26(34)32-15-13-31(14-16-32)20-11-9-19(10-12-20)23-17-22-24(28)29-18-30-25(22)33(23)38(35,36)21-7-5-4-6-8-21/h4-12,17-18H,13-16H2,1-3H3. The fraction of sp³-hybridized carbons (Fsp3) is 0.296. The van der Waals surface area contributed by atoms with Gasteiger partial charge in [0.05, 0.1) is 16.0 Å². The van der Waals surface area contributed by atoms with E-state index in [1.807, 2.05) is 45.0 Å². The molecule has 38 heavy (non-hydrogen) atoms. The quantitative estimate of drug-likeness (QED) is 0.326. The molecule has 0 spiro atoms. The van der Waals surface area contributed by atoms with Gasteiger partial charge in [0, 0.05) is 31.9 Å². The van der Waals surface area contributed by atoms with Crippen molar-refractivity contribution in [1.82, 2.24) is 18.8 Å². The number of piperazine rings is 1. The first-order chi connectivity index (χ1) is 18.0. The molecule has 0 saturated carbocycles. The van der Waals surface area contributed by atoms with Crippen molar-refractivity contribution in [2.45, 2.75) is 31.3 Å². The number of nitrogens with zero attached hydrogens (tertiary/aromatic N) is 5. The molecule has 198 valence electrons. The van der Waals surface area contributed by atoms with E-state index in [1.54, 1.807) is 41.3 Å². The van der Waals surface area contributed by atoms with Gasteiger partial charge in [0.25, 0.3) is 10.0 Å². The Morgan fingerprint density at radius 2 is 1.61 bits per heavy atom. The number of anilines is 1. The second-order valence-electron chi connectivity index (χ2n) is 10.0. The summed E-state index contributed by atoms with van der Waals surface area (Å²) in [6.07, 6.45) is 0.951. The molecule has 0 N–H and O–H groups in total. The summed E-state index contributed by atoms with van der Waals surface area (Å²) < 4.78 is 34.1. The van der Waals surface area contributed by atoms with E-state index in [-0.39, 0.29) is 21.8 Å². The van der Waals surface area contributed by atoms with Crippen LogP contribution in [0.5, 0.6) is 0 Å². The Morgan fingerprint density at radius 1 is 0.947 bits per heavy atom. The highest BCUT2D eigenvalue weighted by Gasteiger charge is 2.28. The van der Waals surface area contributed by atoms with E-state index in [2.05, 4.69) is 14.9 Å². The first kappa shape index (κ1) is 26.0. The topological polar surface area (TPSA) is 97.6 Å². The molecule has 11 heteroatoms. The van der Waals surface area contributed by atoms with Crippen LogP contribution >= 0.6 is 11.6 Å². The van der Waals surface area contributed by atoms with Gasteiger partial charge >= 0.3 is 6.09 Å². The van der Waals surface area contributed by atoms with Crippen LogP contribution in [0.3, 0.4) is 0 Å². The average molecular weight is 554 g/mol. The van der Waals surface area contributed by atoms with Gasteiger partial charge in [0.15, 0.2) is 5.65 Å². The molecule has 1 fully saturated rings. The molecule has 1 saturated heterocycles. The van der Waals surface area contributed by atoms with E-state index in [1.165, 1.54) is 10.3 Å². The normalized spacial score (nSPS) is 14.6. The molecule has 0 radical (unpaired) electrons. The van der Waals surface area contributed by atoms with E-state index in [0.29, 0.717) is 42.8 Å². The van der Waals surface area contributed by atoms with E-state index < -0.39 is 15.6 Å². The number of carbonyl (C=O) groups excluding carboxylic acids is 1. The van der Waals surface area contributed by atoms with Crippen molar-refractivity contribution in [2.75, 3.05) is 31.1 Å². The number of ether oxygens (including phenoxy) is 1. The van der Waals surface area contributed by atoms with Crippen molar-refractivity contribution >= 4 is 44.4 Å².